The molecule has 0 spiro atoms. The lowest BCUT2D eigenvalue weighted by atomic mass is 9.90. The van der Waals surface area contributed by atoms with Crippen molar-refractivity contribution in [2.75, 3.05) is 16.0 Å². The molecule has 0 saturated heterocycles. The molecule has 3 unspecified atom stereocenters. The van der Waals surface area contributed by atoms with Crippen LogP contribution >= 0.6 is 22.6 Å². The molecule has 3 atom stereocenters. The number of hydrazone groups is 1. The van der Waals surface area contributed by atoms with E-state index in [4.69, 9.17) is 4.74 Å². The summed E-state index contributed by atoms with van der Waals surface area (Å²) in [5.74, 6) is -1.63. The molecule has 0 amide bonds. The predicted molar refractivity (Wildman–Crippen MR) is 126 cm³/mol. The van der Waals surface area contributed by atoms with Crippen LogP contribution in [0.15, 0.2) is 29.4 Å². The maximum Gasteiger partial charge on any atom is 0.433 e. The zero-order chi connectivity index (χ0) is 31.1. The van der Waals surface area contributed by atoms with E-state index < -0.39 is 77.0 Å². The normalized spacial score (nSPS) is 19.5. The molecule has 0 bridgehead atoms. The molecule has 3 heterocycles. The Kier molecular flexibility index (Phi) is 9.44. The van der Waals surface area contributed by atoms with Crippen molar-refractivity contribution >= 4 is 34.0 Å². The van der Waals surface area contributed by atoms with Crippen LogP contribution in [-0.2, 0) is 29.4 Å². The Balaban J connectivity index is 2.15. The van der Waals surface area contributed by atoms with Crippen LogP contribution in [0.25, 0.3) is 0 Å². The number of aliphatic hydroxyl groups is 1. The topological polar surface area (TPSA) is 70.8 Å². The van der Waals surface area contributed by atoms with E-state index in [1.165, 1.54) is 0 Å². The van der Waals surface area contributed by atoms with Crippen molar-refractivity contribution < 1.29 is 62.5 Å². The minimum absolute atomic E-state index is 0.152. The summed E-state index contributed by atoms with van der Waals surface area (Å²) in [6, 6.07) is 0.810. The standard InChI is InChI=1S/C22H17F12IN4O2/c1-9-16(18(40)39(38-9)11-7-14(21(29,30)31)37-15(8-11)22(32,33)34)17(41-4-2-3-35)10-5-12(19(23,24)25)36-13(6-10)20(26,27)28/h5-8,16-18,40H,2-4H2,1H3. The second kappa shape index (κ2) is 11.7. The Hall–Kier alpha value is -2.42. The van der Waals surface area contributed by atoms with Gasteiger partial charge in [0.1, 0.15) is 22.8 Å². The van der Waals surface area contributed by atoms with Gasteiger partial charge in [-0.1, -0.05) is 22.6 Å². The molecule has 41 heavy (non-hydrogen) atoms. The lowest BCUT2D eigenvalue weighted by molar-refractivity contribution is -0.151. The van der Waals surface area contributed by atoms with Crippen molar-refractivity contribution in [1.29, 1.82) is 0 Å². The van der Waals surface area contributed by atoms with Crippen molar-refractivity contribution in [3.63, 3.8) is 0 Å². The van der Waals surface area contributed by atoms with Crippen molar-refractivity contribution in [2.24, 2.45) is 11.0 Å². The Morgan fingerprint density at radius 1 is 0.805 bits per heavy atom. The third-order valence-corrected chi connectivity index (χ3v) is 6.40. The molecule has 1 aliphatic rings. The molecule has 0 saturated carbocycles. The van der Waals surface area contributed by atoms with E-state index in [2.05, 4.69) is 15.1 Å². The number of rotatable bonds is 7. The van der Waals surface area contributed by atoms with Gasteiger partial charge in [0, 0.05) is 16.7 Å². The van der Waals surface area contributed by atoms with E-state index in [1.54, 1.807) is 0 Å². The second-order valence-corrected chi connectivity index (χ2v) is 9.70. The third-order valence-electron chi connectivity index (χ3n) is 5.63. The number of ether oxygens (including phenoxy) is 1. The fourth-order valence-corrected chi connectivity index (χ4v) is 4.18. The highest BCUT2D eigenvalue weighted by Crippen LogP contribution is 2.43. The van der Waals surface area contributed by atoms with Crippen LogP contribution in [0.3, 0.4) is 0 Å². The van der Waals surface area contributed by atoms with Gasteiger partial charge in [0.25, 0.3) is 0 Å². The van der Waals surface area contributed by atoms with E-state index in [0.29, 0.717) is 9.44 Å². The van der Waals surface area contributed by atoms with Crippen molar-refractivity contribution in [1.82, 2.24) is 9.97 Å². The number of alkyl halides is 13. The van der Waals surface area contributed by atoms with Gasteiger partial charge in [0.15, 0.2) is 6.23 Å². The number of anilines is 1. The summed E-state index contributed by atoms with van der Waals surface area (Å²) in [4.78, 5) is 5.17. The summed E-state index contributed by atoms with van der Waals surface area (Å²) in [6.45, 7) is 0.871. The van der Waals surface area contributed by atoms with Crippen LogP contribution in [0.1, 0.15) is 47.8 Å². The van der Waals surface area contributed by atoms with Gasteiger partial charge in [0.05, 0.1) is 17.7 Å². The second-order valence-electron chi connectivity index (χ2n) is 8.62. The number of aromatic nitrogens is 2. The van der Waals surface area contributed by atoms with E-state index in [0.717, 1.165) is 6.92 Å². The predicted octanol–water partition coefficient (Wildman–Crippen LogP) is 7.27. The Morgan fingerprint density at radius 3 is 1.61 bits per heavy atom. The first-order valence-corrected chi connectivity index (χ1v) is 12.7. The Labute approximate surface area is 236 Å². The number of nitrogens with zero attached hydrogens (tertiary/aromatic N) is 4. The minimum Gasteiger partial charge on any atom is -0.373 e. The van der Waals surface area contributed by atoms with Crippen LogP contribution in [0, 0.1) is 5.92 Å². The fraction of sp³-hybridized carbons (Fsp3) is 0.500. The number of pyridine rings is 2. The largest absolute Gasteiger partial charge is 0.433 e. The number of hydrogen-bond acceptors (Lipinski definition) is 6. The van der Waals surface area contributed by atoms with Crippen LogP contribution in [0.2, 0.25) is 0 Å². The van der Waals surface area contributed by atoms with Gasteiger partial charge in [-0.3, -0.25) is 0 Å². The van der Waals surface area contributed by atoms with Crippen molar-refractivity contribution in [3.8, 4) is 0 Å². The number of aliphatic hydroxyl groups excluding tert-OH is 1. The maximum atomic E-state index is 13.4. The van der Waals surface area contributed by atoms with Crippen molar-refractivity contribution in [3.05, 3.63) is 52.6 Å². The van der Waals surface area contributed by atoms with E-state index in [1.807, 2.05) is 22.6 Å². The lowest BCUT2D eigenvalue weighted by Crippen LogP contribution is -2.38. The van der Waals surface area contributed by atoms with Crippen LogP contribution in [0.5, 0.6) is 0 Å². The smallest absolute Gasteiger partial charge is 0.373 e. The first kappa shape index (κ1) is 33.1. The molecule has 0 aromatic carbocycles. The van der Waals surface area contributed by atoms with E-state index in [9.17, 15) is 57.8 Å². The van der Waals surface area contributed by atoms with E-state index in [-0.39, 0.29) is 43.0 Å². The van der Waals surface area contributed by atoms with Gasteiger partial charge in [0.2, 0.25) is 0 Å². The summed E-state index contributed by atoms with van der Waals surface area (Å²) in [6.07, 6.45) is -25.1. The first-order valence-electron chi connectivity index (χ1n) is 11.2. The van der Waals surface area contributed by atoms with Gasteiger partial charge in [-0.2, -0.15) is 57.8 Å². The molecule has 1 aliphatic heterocycles. The average Bonchev–Trinajstić information content (AvgIpc) is 3.13. The first-order chi connectivity index (χ1) is 18.6. The van der Waals surface area contributed by atoms with Crippen molar-refractivity contribution in [2.45, 2.75) is 50.4 Å². The van der Waals surface area contributed by atoms with Gasteiger partial charge >= 0.3 is 24.7 Å². The number of halogens is 13. The highest BCUT2D eigenvalue weighted by atomic mass is 127. The van der Waals surface area contributed by atoms with Gasteiger partial charge in [-0.05, 0) is 43.2 Å². The molecule has 2 aromatic rings. The Morgan fingerprint density at radius 2 is 1.22 bits per heavy atom. The summed E-state index contributed by atoms with van der Waals surface area (Å²) in [5.41, 5.74) is -9.82. The molecule has 1 N–H and O–H groups in total. The summed E-state index contributed by atoms with van der Waals surface area (Å²) in [7, 11) is 0. The molecule has 0 aliphatic carbocycles. The lowest BCUT2D eigenvalue weighted by Gasteiger charge is -2.30. The summed E-state index contributed by atoms with van der Waals surface area (Å²) >= 11 is 1.91. The average molecular weight is 724 g/mol. The quantitative estimate of drug-likeness (QED) is 0.141. The van der Waals surface area contributed by atoms with E-state index >= 15 is 0 Å². The summed E-state index contributed by atoms with van der Waals surface area (Å²) < 4.78 is 167. The highest BCUT2D eigenvalue weighted by Gasteiger charge is 2.46. The van der Waals surface area contributed by atoms with Gasteiger partial charge in [-0.25, -0.2) is 15.0 Å². The third kappa shape index (κ3) is 7.70. The fourth-order valence-electron chi connectivity index (χ4n) is 3.87. The molecule has 2 aromatic heterocycles. The maximum absolute atomic E-state index is 13.4. The minimum atomic E-state index is -5.36. The molecule has 0 fully saturated rings. The summed E-state index contributed by atoms with van der Waals surface area (Å²) in [5, 5.41) is 15.1. The molecular weight excluding hydrogens is 707 g/mol. The Bertz CT molecular complexity index is 1210. The zero-order valence-electron chi connectivity index (χ0n) is 20.2. The number of hydrogen-bond donors (Lipinski definition) is 1. The molecule has 0 radical (unpaired) electrons. The molecule has 3 rings (SSSR count). The molecule has 6 nitrogen and oxygen atoms in total. The van der Waals surface area contributed by atoms with Crippen LogP contribution in [0.4, 0.5) is 58.4 Å². The zero-order valence-corrected chi connectivity index (χ0v) is 22.4. The SMILES string of the molecule is CC1=NN(c2cc(C(F)(F)F)nc(C(F)(F)F)c2)C(O)C1C(OCCCI)c1cc(C(F)(F)F)nc(C(F)(F)F)c1. The van der Waals surface area contributed by atoms with Gasteiger partial charge in [-0.15, -0.1) is 0 Å². The molecule has 19 heteroatoms. The molecular formula is C22H17F12IN4O2. The van der Waals surface area contributed by atoms with Crippen LogP contribution < -0.4 is 5.01 Å². The van der Waals surface area contributed by atoms with Crippen LogP contribution in [-0.4, -0.2) is 38.0 Å². The molecule has 228 valence electrons. The highest BCUT2D eigenvalue weighted by molar-refractivity contribution is 14.1. The monoisotopic (exact) mass is 724 g/mol. The van der Waals surface area contributed by atoms with Gasteiger partial charge < -0.3 is 9.84 Å².